The summed E-state index contributed by atoms with van der Waals surface area (Å²) < 4.78 is 10.8. The van der Waals surface area contributed by atoms with E-state index in [1.807, 2.05) is 55.7 Å². The van der Waals surface area contributed by atoms with Gasteiger partial charge in [-0.3, -0.25) is 15.0 Å². The Balaban J connectivity index is 1.78. The number of hydrogen-bond acceptors (Lipinski definition) is 5. The van der Waals surface area contributed by atoms with Crippen LogP contribution in [0.2, 0.25) is 0 Å². The first-order valence-corrected chi connectivity index (χ1v) is 8.40. The predicted octanol–water partition coefficient (Wildman–Crippen LogP) is 4.09. The summed E-state index contributed by atoms with van der Waals surface area (Å²) in [6.07, 6.45) is 4.40. The average Bonchev–Trinajstić information content (AvgIpc) is 2.67. The topological polar surface area (TPSA) is 57.1 Å². The number of methoxy groups -OCH3 is 2. The van der Waals surface area contributed by atoms with Gasteiger partial charge in [0.05, 0.1) is 25.3 Å². The monoisotopic (exact) mass is 345 g/mol. The average molecular weight is 345 g/mol. The maximum absolute atomic E-state index is 5.45. The minimum atomic E-state index is 0.684. The van der Waals surface area contributed by atoms with Crippen LogP contribution in [0, 0.1) is 6.92 Å². The normalized spacial score (nSPS) is 11.0. The van der Waals surface area contributed by atoms with Crippen LogP contribution in [0.1, 0.15) is 17.0 Å². The molecule has 0 saturated carbocycles. The predicted molar refractivity (Wildman–Crippen MR) is 102 cm³/mol. The SMILES string of the molecule is COc1cc2cncc(Cc3ccc4nc(C)ccc4n3)c2cc1OC. The highest BCUT2D eigenvalue weighted by Gasteiger charge is 2.11. The maximum Gasteiger partial charge on any atom is 0.161 e. The second kappa shape index (κ2) is 6.59. The molecule has 3 aromatic heterocycles. The van der Waals surface area contributed by atoms with Crippen LogP contribution in [-0.2, 0) is 6.42 Å². The van der Waals surface area contributed by atoms with Crippen LogP contribution >= 0.6 is 0 Å². The Morgan fingerprint density at radius 1 is 0.846 bits per heavy atom. The van der Waals surface area contributed by atoms with Gasteiger partial charge in [0.25, 0.3) is 0 Å². The van der Waals surface area contributed by atoms with Crippen molar-refractivity contribution < 1.29 is 9.47 Å². The first-order chi connectivity index (χ1) is 12.7. The van der Waals surface area contributed by atoms with Crippen LogP contribution < -0.4 is 9.47 Å². The molecule has 0 amide bonds. The van der Waals surface area contributed by atoms with Crippen molar-refractivity contribution in [3.63, 3.8) is 0 Å². The molecule has 5 nitrogen and oxygen atoms in total. The molecule has 4 rings (SSSR count). The second-order valence-electron chi connectivity index (χ2n) is 6.20. The Morgan fingerprint density at radius 2 is 1.58 bits per heavy atom. The summed E-state index contributed by atoms with van der Waals surface area (Å²) in [5.41, 5.74) is 4.88. The third kappa shape index (κ3) is 2.92. The molecule has 0 N–H and O–H groups in total. The van der Waals surface area contributed by atoms with Gasteiger partial charge in [-0.25, -0.2) is 0 Å². The van der Waals surface area contributed by atoms with Crippen molar-refractivity contribution in [3.05, 3.63) is 65.7 Å². The molecule has 0 aliphatic carbocycles. The first-order valence-electron chi connectivity index (χ1n) is 8.40. The maximum atomic E-state index is 5.45. The van der Waals surface area contributed by atoms with Crippen LogP contribution in [-0.4, -0.2) is 29.2 Å². The number of nitrogens with zero attached hydrogens (tertiary/aromatic N) is 3. The van der Waals surface area contributed by atoms with Gasteiger partial charge in [-0.15, -0.1) is 0 Å². The van der Waals surface area contributed by atoms with E-state index in [0.29, 0.717) is 17.9 Å². The summed E-state index contributed by atoms with van der Waals surface area (Å²) in [5, 5.41) is 2.10. The molecule has 26 heavy (non-hydrogen) atoms. The van der Waals surface area contributed by atoms with E-state index < -0.39 is 0 Å². The zero-order valence-corrected chi connectivity index (χ0v) is 15.0. The molecule has 3 heterocycles. The zero-order chi connectivity index (χ0) is 18.1. The Kier molecular flexibility index (Phi) is 4.13. The molecule has 0 aliphatic rings. The molecule has 0 spiro atoms. The van der Waals surface area contributed by atoms with Gasteiger partial charge >= 0.3 is 0 Å². The van der Waals surface area contributed by atoms with E-state index in [2.05, 4.69) is 9.97 Å². The van der Waals surface area contributed by atoms with E-state index in [4.69, 9.17) is 14.5 Å². The van der Waals surface area contributed by atoms with Gasteiger partial charge in [-0.05, 0) is 54.3 Å². The molecule has 0 bridgehead atoms. The highest BCUT2D eigenvalue weighted by atomic mass is 16.5. The van der Waals surface area contributed by atoms with Crippen LogP contribution in [0.15, 0.2) is 48.8 Å². The Morgan fingerprint density at radius 3 is 2.38 bits per heavy atom. The number of hydrogen-bond donors (Lipinski definition) is 0. The largest absolute Gasteiger partial charge is 0.493 e. The molecule has 0 unspecified atom stereocenters. The quantitative estimate of drug-likeness (QED) is 0.557. The van der Waals surface area contributed by atoms with Crippen LogP contribution in [0.25, 0.3) is 21.8 Å². The third-order valence-electron chi connectivity index (χ3n) is 4.46. The van der Waals surface area contributed by atoms with Crippen LogP contribution in [0.4, 0.5) is 0 Å². The van der Waals surface area contributed by atoms with Gasteiger partial charge in [-0.2, -0.15) is 0 Å². The minimum Gasteiger partial charge on any atom is -0.493 e. The molecule has 0 radical (unpaired) electrons. The lowest BCUT2D eigenvalue weighted by Crippen LogP contribution is -1.97. The van der Waals surface area contributed by atoms with Crippen molar-refractivity contribution >= 4 is 21.8 Å². The lowest BCUT2D eigenvalue weighted by molar-refractivity contribution is 0.356. The summed E-state index contributed by atoms with van der Waals surface area (Å²) in [4.78, 5) is 13.6. The number of aryl methyl sites for hydroxylation is 1. The Bertz CT molecular complexity index is 1110. The van der Waals surface area contributed by atoms with E-state index in [9.17, 15) is 0 Å². The number of ether oxygens (including phenoxy) is 2. The summed E-state index contributed by atoms with van der Waals surface area (Å²) in [5.74, 6) is 1.41. The van der Waals surface area contributed by atoms with Gasteiger partial charge in [0.2, 0.25) is 0 Å². The number of fused-ring (bicyclic) bond motifs is 2. The summed E-state index contributed by atoms with van der Waals surface area (Å²) in [7, 11) is 3.28. The van der Waals surface area contributed by atoms with Gasteiger partial charge in [0.15, 0.2) is 11.5 Å². The highest BCUT2D eigenvalue weighted by molar-refractivity contribution is 5.88. The number of benzene rings is 1. The Labute approximate surface area is 151 Å². The van der Waals surface area contributed by atoms with Crippen LogP contribution in [0.3, 0.4) is 0 Å². The van der Waals surface area contributed by atoms with Crippen molar-refractivity contribution in [1.29, 1.82) is 0 Å². The Hall–Kier alpha value is -3.21. The van der Waals surface area contributed by atoms with Gasteiger partial charge < -0.3 is 9.47 Å². The smallest absolute Gasteiger partial charge is 0.161 e. The third-order valence-corrected chi connectivity index (χ3v) is 4.46. The second-order valence-corrected chi connectivity index (χ2v) is 6.20. The number of aromatic nitrogens is 3. The van der Waals surface area contributed by atoms with Crippen LogP contribution in [0.5, 0.6) is 11.5 Å². The van der Waals surface area contributed by atoms with E-state index in [0.717, 1.165) is 38.8 Å². The molecular weight excluding hydrogens is 326 g/mol. The lowest BCUT2D eigenvalue weighted by Gasteiger charge is -2.12. The fourth-order valence-corrected chi connectivity index (χ4v) is 3.14. The molecule has 0 atom stereocenters. The molecular formula is C21H19N3O2. The fraction of sp³-hybridized carbons (Fsp3) is 0.190. The van der Waals surface area contributed by atoms with E-state index in [1.165, 1.54) is 0 Å². The van der Waals surface area contributed by atoms with Crippen molar-refractivity contribution in [2.24, 2.45) is 0 Å². The molecule has 0 aliphatic heterocycles. The standard InChI is InChI=1S/C21H19N3O2/c1-13-4-6-19-18(23-13)7-5-16(24-19)8-14-11-22-12-15-9-20(25-2)21(26-3)10-17(14)15/h4-7,9-12H,8H2,1-3H3. The summed E-state index contributed by atoms with van der Waals surface area (Å²) >= 11 is 0. The van der Waals surface area contributed by atoms with E-state index in [1.54, 1.807) is 14.2 Å². The van der Waals surface area contributed by atoms with Crippen molar-refractivity contribution in [2.45, 2.75) is 13.3 Å². The van der Waals surface area contributed by atoms with E-state index >= 15 is 0 Å². The molecule has 0 fully saturated rings. The van der Waals surface area contributed by atoms with Crippen molar-refractivity contribution in [1.82, 2.24) is 15.0 Å². The highest BCUT2D eigenvalue weighted by Crippen LogP contribution is 2.33. The minimum absolute atomic E-state index is 0.684. The first kappa shape index (κ1) is 16.3. The summed E-state index contributed by atoms with van der Waals surface area (Å²) in [6.45, 7) is 1.98. The molecule has 0 saturated heterocycles. The number of rotatable bonds is 4. The molecule has 4 aromatic rings. The van der Waals surface area contributed by atoms with E-state index in [-0.39, 0.29) is 0 Å². The molecule has 1 aromatic carbocycles. The lowest BCUT2D eigenvalue weighted by atomic mass is 10.0. The molecule has 130 valence electrons. The van der Waals surface area contributed by atoms with Gasteiger partial charge in [0, 0.05) is 35.6 Å². The van der Waals surface area contributed by atoms with Crippen molar-refractivity contribution in [3.8, 4) is 11.5 Å². The zero-order valence-electron chi connectivity index (χ0n) is 15.0. The fourth-order valence-electron chi connectivity index (χ4n) is 3.14. The van der Waals surface area contributed by atoms with Gasteiger partial charge in [-0.1, -0.05) is 0 Å². The van der Waals surface area contributed by atoms with Crippen molar-refractivity contribution in [2.75, 3.05) is 14.2 Å². The molecule has 5 heteroatoms. The number of pyridine rings is 3. The van der Waals surface area contributed by atoms with Gasteiger partial charge in [0.1, 0.15) is 0 Å². The summed E-state index contributed by atoms with van der Waals surface area (Å²) in [6, 6.07) is 12.0.